The van der Waals surface area contributed by atoms with E-state index in [1.165, 1.54) is 0 Å². The topological polar surface area (TPSA) is 37.4 Å². The van der Waals surface area contributed by atoms with E-state index >= 15 is 0 Å². The van der Waals surface area contributed by atoms with Crippen LogP contribution in [-0.2, 0) is 10.0 Å². The number of sulfonamides is 1. The molecule has 4 heteroatoms. The van der Waals surface area contributed by atoms with Crippen molar-refractivity contribution in [1.82, 2.24) is 4.31 Å². The molecule has 0 spiro atoms. The average molecular weight is 315 g/mol. The average Bonchev–Trinajstić information content (AvgIpc) is 2.48. The molecule has 0 aliphatic carbocycles. The Morgan fingerprint density at radius 1 is 1.05 bits per heavy atom. The van der Waals surface area contributed by atoms with Gasteiger partial charge in [-0.25, -0.2) is 8.42 Å². The molecule has 0 radical (unpaired) electrons. The second-order valence-electron chi connectivity index (χ2n) is 5.87. The van der Waals surface area contributed by atoms with Crippen LogP contribution in [0.2, 0.25) is 0 Å². The van der Waals surface area contributed by atoms with Crippen LogP contribution >= 0.6 is 0 Å². The molecule has 0 saturated carbocycles. The number of nitrogens with zero attached hydrogens (tertiary/aromatic N) is 1. The fourth-order valence-corrected chi connectivity index (χ4v) is 4.98. The van der Waals surface area contributed by atoms with Crippen molar-refractivity contribution in [2.24, 2.45) is 0 Å². The van der Waals surface area contributed by atoms with Gasteiger partial charge >= 0.3 is 0 Å². The van der Waals surface area contributed by atoms with E-state index in [2.05, 4.69) is 0 Å². The predicted octanol–water partition coefficient (Wildman–Crippen LogP) is 3.91. The van der Waals surface area contributed by atoms with E-state index in [0.29, 0.717) is 4.90 Å². The first-order valence-electron chi connectivity index (χ1n) is 7.69. The first-order chi connectivity index (χ1) is 10.5. The maximum atomic E-state index is 13.0. The van der Waals surface area contributed by atoms with Crippen LogP contribution in [-0.4, -0.2) is 18.8 Å². The Morgan fingerprint density at radius 3 is 2.27 bits per heavy atom. The summed E-state index contributed by atoms with van der Waals surface area (Å²) in [4.78, 5) is 0.386. The third kappa shape index (κ3) is 2.57. The molecule has 0 amide bonds. The minimum absolute atomic E-state index is 0.0440. The van der Waals surface area contributed by atoms with E-state index in [4.69, 9.17) is 0 Å². The summed E-state index contributed by atoms with van der Waals surface area (Å²) in [5.41, 5.74) is 2.14. The molecule has 0 N–H and O–H groups in total. The van der Waals surface area contributed by atoms with Gasteiger partial charge in [0.05, 0.1) is 10.9 Å². The molecule has 1 aliphatic rings. The zero-order valence-electron chi connectivity index (χ0n) is 12.9. The molecule has 3 nitrogen and oxygen atoms in total. The molecule has 1 fully saturated rings. The molecule has 22 heavy (non-hydrogen) atoms. The summed E-state index contributed by atoms with van der Waals surface area (Å²) in [6.07, 6.45) is 1.74. The van der Waals surface area contributed by atoms with Gasteiger partial charge in [0.2, 0.25) is 10.0 Å². The molecule has 1 heterocycles. The summed E-state index contributed by atoms with van der Waals surface area (Å²) in [6.45, 7) is 4.01. The minimum Gasteiger partial charge on any atom is -0.207 e. The van der Waals surface area contributed by atoms with Crippen molar-refractivity contribution in [3.8, 4) is 0 Å². The highest BCUT2D eigenvalue weighted by Gasteiger charge is 2.46. The lowest BCUT2D eigenvalue weighted by molar-refractivity contribution is 0.107. The Hall–Kier alpha value is -1.65. The highest BCUT2D eigenvalue weighted by molar-refractivity contribution is 7.89. The van der Waals surface area contributed by atoms with E-state index in [1.807, 2.05) is 56.3 Å². The summed E-state index contributed by atoms with van der Waals surface area (Å²) in [5.74, 6) is 0. The lowest BCUT2D eigenvalue weighted by Crippen LogP contribution is -2.52. The van der Waals surface area contributed by atoms with E-state index < -0.39 is 10.0 Å². The Labute approximate surface area is 132 Å². The SMILES string of the molecule is CC[C@H]1C[C@@H](c2ccccc2)N1S(=O)(=O)c1ccc(C)cc1. The molecule has 0 bridgehead atoms. The zero-order chi connectivity index (χ0) is 15.7. The molecular weight excluding hydrogens is 294 g/mol. The third-order valence-electron chi connectivity index (χ3n) is 4.41. The molecule has 2 aromatic rings. The number of aryl methyl sites for hydroxylation is 1. The number of hydrogen-bond acceptors (Lipinski definition) is 2. The normalized spacial score (nSPS) is 22.3. The van der Waals surface area contributed by atoms with Gasteiger partial charge in [0.25, 0.3) is 0 Å². The largest absolute Gasteiger partial charge is 0.243 e. The molecule has 1 saturated heterocycles. The monoisotopic (exact) mass is 315 g/mol. The molecule has 2 atom stereocenters. The maximum absolute atomic E-state index is 13.0. The van der Waals surface area contributed by atoms with Gasteiger partial charge in [0.1, 0.15) is 0 Å². The van der Waals surface area contributed by atoms with Crippen LogP contribution in [0.5, 0.6) is 0 Å². The summed E-state index contributed by atoms with van der Waals surface area (Å²) < 4.78 is 27.7. The van der Waals surface area contributed by atoms with E-state index in [9.17, 15) is 8.42 Å². The van der Waals surface area contributed by atoms with Crippen LogP contribution in [0.3, 0.4) is 0 Å². The molecule has 1 aliphatic heterocycles. The summed E-state index contributed by atoms with van der Waals surface area (Å²) in [6, 6.07) is 17.1. The van der Waals surface area contributed by atoms with Crippen molar-refractivity contribution >= 4 is 10.0 Å². The van der Waals surface area contributed by atoms with Gasteiger partial charge in [-0.05, 0) is 37.5 Å². The molecule has 0 aromatic heterocycles. The number of hydrogen-bond donors (Lipinski definition) is 0. The standard InChI is InChI=1S/C18H21NO2S/c1-3-16-13-18(15-7-5-4-6-8-15)19(16)22(20,21)17-11-9-14(2)10-12-17/h4-12,16,18H,3,13H2,1-2H3/t16-,18-/m0/s1. The van der Waals surface area contributed by atoms with Crippen molar-refractivity contribution in [3.05, 3.63) is 65.7 Å². The summed E-state index contributed by atoms with van der Waals surface area (Å²) in [5, 5.41) is 0. The summed E-state index contributed by atoms with van der Waals surface area (Å²) in [7, 11) is -3.44. The van der Waals surface area contributed by atoms with Crippen molar-refractivity contribution in [2.45, 2.75) is 43.7 Å². The van der Waals surface area contributed by atoms with Gasteiger partial charge in [-0.1, -0.05) is 55.0 Å². The zero-order valence-corrected chi connectivity index (χ0v) is 13.8. The third-order valence-corrected chi connectivity index (χ3v) is 6.39. The van der Waals surface area contributed by atoms with Crippen LogP contribution < -0.4 is 0 Å². The second kappa shape index (κ2) is 5.86. The predicted molar refractivity (Wildman–Crippen MR) is 88.1 cm³/mol. The molecule has 116 valence electrons. The Bertz CT molecular complexity index is 738. The molecule has 3 rings (SSSR count). The van der Waals surface area contributed by atoms with Crippen LogP contribution in [0.1, 0.15) is 36.9 Å². The fraction of sp³-hybridized carbons (Fsp3) is 0.333. The Kier molecular flexibility index (Phi) is 4.06. The quantitative estimate of drug-likeness (QED) is 0.858. The lowest BCUT2D eigenvalue weighted by atomic mass is 9.89. The Morgan fingerprint density at radius 2 is 1.68 bits per heavy atom. The number of rotatable bonds is 4. The first-order valence-corrected chi connectivity index (χ1v) is 9.13. The minimum atomic E-state index is -3.44. The maximum Gasteiger partial charge on any atom is 0.243 e. The van der Waals surface area contributed by atoms with Gasteiger partial charge in [-0.15, -0.1) is 0 Å². The van der Waals surface area contributed by atoms with Gasteiger partial charge in [-0.3, -0.25) is 0 Å². The van der Waals surface area contributed by atoms with Crippen LogP contribution in [0, 0.1) is 6.92 Å². The van der Waals surface area contributed by atoms with E-state index in [0.717, 1.165) is 24.0 Å². The van der Waals surface area contributed by atoms with Crippen molar-refractivity contribution in [2.75, 3.05) is 0 Å². The van der Waals surface area contributed by atoms with Gasteiger partial charge in [0, 0.05) is 6.04 Å². The summed E-state index contributed by atoms with van der Waals surface area (Å²) >= 11 is 0. The Balaban J connectivity index is 1.97. The molecular formula is C18H21NO2S. The number of benzene rings is 2. The van der Waals surface area contributed by atoms with Crippen molar-refractivity contribution < 1.29 is 8.42 Å². The van der Waals surface area contributed by atoms with E-state index in [-0.39, 0.29) is 12.1 Å². The van der Waals surface area contributed by atoms with E-state index in [1.54, 1.807) is 16.4 Å². The fourth-order valence-electron chi connectivity index (χ4n) is 3.08. The van der Waals surface area contributed by atoms with Crippen molar-refractivity contribution in [1.29, 1.82) is 0 Å². The van der Waals surface area contributed by atoms with Gasteiger partial charge in [-0.2, -0.15) is 4.31 Å². The molecule has 0 unspecified atom stereocenters. The van der Waals surface area contributed by atoms with Crippen LogP contribution in [0.25, 0.3) is 0 Å². The van der Waals surface area contributed by atoms with Crippen LogP contribution in [0.4, 0.5) is 0 Å². The lowest BCUT2D eigenvalue weighted by Gasteiger charge is -2.47. The highest BCUT2D eigenvalue weighted by atomic mass is 32.2. The smallest absolute Gasteiger partial charge is 0.207 e. The molecule has 2 aromatic carbocycles. The first kappa shape index (κ1) is 15.3. The van der Waals surface area contributed by atoms with Crippen LogP contribution in [0.15, 0.2) is 59.5 Å². The highest BCUT2D eigenvalue weighted by Crippen LogP contribution is 2.44. The second-order valence-corrected chi connectivity index (χ2v) is 7.72. The van der Waals surface area contributed by atoms with Gasteiger partial charge in [0.15, 0.2) is 0 Å². The van der Waals surface area contributed by atoms with Gasteiger partial charge < -0.3 is 0 Å². The van der Waals surface area contributed by atoms with Crippen molar-refractivity contribution in [3.63, 3.8) is 0 Å².